The maximum Gasteiger partial charge on any atom is 0.417 e. The highest BCUT2D eigenvalue weighted by molar-refractivity contribution is 14.1. The van der Waals surface area contributed by atoms with E-state index >= 15 is 0 Å². The Morgan fingerprint density at radius 1 is 1.08 bits per heavy atom. The number of benzene rings is 2. The number of nitrogens with two attached hydrogens (primary N) is 1. The molecule has 0 aliphatic rings. The van der Waals surface area contributed by atoms with Crippen LogP contribution in [-0.4, -0.2) is 17.9 Å². The molecular weight excluding hydrogens is 448 g/mol. The number of halogens is 4. The van der Waals surface area contributed by atoms with Crippen LogP contribution >= 0.6 is 22.6 Å². The largest absolute Gasteiger partial charge is 0.417 e. The van der Waals surface area contributed by atoms with Crippen LogP contribution in [0.3, 0.4) is 0 Å². The van der Waals surface area contributed by atoms with Gasteiger partial charge in [0.15, 0.2) is 0 Å². The topological polar surface area (TPSA) is 72.2 Å². The number of hydrogen-bond acceptors (Lipinski definition) is 2. The minimum Gasteiger partial charge on any atom is -0.368 e. The lowest BCUT2D eigenvalue weighted by atomic mass is 10.0. The molecule has 132 valence electrons. The monoisotopic (exact) mass is 462 g/mol. The summed E-state index contributed by atoms with van der Waals surface area (Å²) in [7, 11) is 0. The van der Waals surface area contributed by atoms with Crippen LogP contribution < -0.4 is 11.1 Å². The van der Waals surface area contributed by atoms with Crippen molar-refractivity contribution < 1.29 is 22.8 Å². The van der Waals surface area contributed by atoms with Gasteiger partial charge in [-0.3, -0.25) is 9.59 Å². The molecule has 2 rings (SSSR count). The number of amides is 2. The van der Waals surface area contributed by atoms with Crippen molar-refractivity contribution in [2.45, 2.75) is 18.6 Å². The van der Waals surface area contributed by atoms with Gasteiger partial charge in [-0.05, 0) is 52.4 Å². The second-order valence-electron chi connectivity index (χ2n) is 5.30. The Bertz CT molecular complexity index is 776. The zero-order valence-electron chi connectivity index (χ0n) is 12.8. The second-order valence-corrected chi connectivity index (χ2v) is 6.55. The lowest BCUT2D eigenvalue weighted by molar-refractivity contribution is -0.137. The Morgan fingerprint density at radius 3 is 2.24 bits per heavy atom. The first-order valence-electron chi connectivity index (χ1n) is 7.19. The van der Waals surface area contributed by atoms with E-state index in [9.17, 15) is 22.8 Å². The van der Waals surface area contributed by atoms with Gasteiger partial charge in [0.2, 0.25) is 5.91 Å². The first-order valence-corrected chi connectivity index (χ1v) is 8.27. The number of alkyl halides is 3. The van der Waals surface area contributed by atoms with Gasteiger partial charge >= 0.3 is 6.18 Å². The average molecular weight is 462 g/mol. The molecule has 1 atom stereocenters. The van der Waals surface area contributed by atoms with Crippen LogP contribution in [0.5, 0.6) is 0 Å². The standard InChI is InChI=1S/C17H14F3IN2O2/c18-17(19,20)13-4-2-1-3-12(13)16(25)23-14(15(22)24)9-10-5-7-11(21)8-6-10/h1-8,14H,9H2,(H2,22,24)(H,23,25)/t14-/m0/s1. The third kappa shape index (κ3) is 5.18. The van der Waals surface area contributed by atoms with E-state index < -0.39 is 35.2 Å². The summed E-state index contributed by atoms with van der Waals surface area (Å²) in [4.78, 5) is 23.9. The summed E-state index contributed by atoms with van der Waals surface area (Å²) >= 11 is 2.11. The summed E-state index contributed by atoms with van der Waals surface area (Å²) in [6, 6.07) is 10.4. The van der Waals surface area contributed by atoms with Gasteiger partial charge in [-0.15, -0.1) is 0 Å². The lowest BCUT2D eigenvalue weighted by Gasteiger charge is -2.18. The zero-order chi connectivity index (χ0) is 18.6. The van der Waals surface area contributed by atoms with E-state index in [2.05, 4.69) is 27.9 Å². The molecule has 0 radical (unpaired) electrons. The van der Waals surface area contributed by atoms with E-state index in [0.29, 0.717) is 0 Å². The molecule has 0 saturated carbocycles. The number of nitrogens with one attached hydrogen (secondary N) is 1. The maximum atomic E-state index is 13.0. The van der Waals surface area contributed by atoms with Crippen molar-refractivity contribution in [1.82, 2.24) is 5.32 Å². The molecule has 0 fully saturated rings. The number of carbonyl (C=O) groups is 2. The van der Waals surface area contributed by atoms with Crippen molar-refractivity contribution in [1.29, 1.82) is 0 Å². The Labute approximate surface area is 155 Å². The minimum atomic E-state index is -4.67. The fraction of sp³-hybridized carbons (Fsp3) is 0.176. The Kier molecular flexibility index (Phi) is 6.04. The zero-order valence-corrected chi connectivity index (χ0v) is 15.0. The molecule has 0 aliphatic carbocycles. The summed E-state index contributed by atoms with van der Waals surface area (Å²) in [5.74, 6) is -1.82. The van der Waals surface area contributed by atoms with E-state index in [0.717, 1.165) is 21.3 Å². The van der Waals surface area contributed by atoms with Crippen molar-refractivity contribution >= 4 is 34.4 Å². The van der Waals surface area contributed by atoms with Gasteiger partial charge in [-0.1, -0.05) is 24.3 Å². The lowest BCUT2D eigenvalue weighted by Crippen LogP contribution is -2.46. The van der Waals surface area contributed by atoms with Crippen molar-refractivity contribution in [2.24, 2.45) is 5.73 Å². The first-order chi connectivity index (χ1) is 11.7. The molecule has 2 aromatic rings. The number of hydrogen-bond donors (Lipinski definition) is 2. The molecule has 0 bridgehead atoms. The van der Waals surface area contributed by atoms with Gasteiger partial charge in [0.1, 0.15) is 6.04 Å². The summed E-state index contributed by atoms with van der Waals surface area (Å²) in [6.07, 6.45) is -4.58. The smallest absolute Gasteiger partial charge is 0.368 e. The van der Waals surface area contributed by atoms with E-state index in [1.807, 2.05) is 12.1 Å². The van der Waals surface area contributed by atoms with Crippen molar-refractivity contribution in [3.63, 3.8) is 0 Å². The third-order valence-corrected chi connectivity index (χ3v) is 4.20. The molecule has 0 heterocycles. The van der Waals surface area contributed by atoms with Crippen LogP contribution in [0.25, 0.3) is 0 Å². The predicted molar refractivity (Wildman–Crippen MR) is 94.8 cm³/mol. The SMILES string of the molecule is NC(=O)[C@H](Cc1ccc(I)cc1)NC(=O)c1ccccc1C(F)(F)F. The maximum absolute atomic E-state index is 13.0. The quantitative estimate of drug-likeness (QED) is 0.671. The van der Waals surface area contributed by atoms with Crippen LogP contribution in [0.15, 0.2) is 48.5 Å². The van der Waals surface area contributed by atoms with Gasteiger partial charge in [0, 0.05) is 9.99 Å². The molecule has 0 saturated heterocycles. The van der Waals surface area contributed by atoms with E-state index in [1.54, 1.807) is 12.1 Å². The van der Waals surface area contributed by atoms with Crippen LogP contribution in [-0.2, 0) is 17.4 Å². The number of primary amides is 1. The molecule has 0 unspecified atom stereocenters. The molecule has 25 heavy (non-hydrogen) atoms. The van der Waals surface area contributed by atoms with Gasteiger partial charge in [0.25, 0.3) is 5.91 Å². The summed E-state index contributed by atoms with van der Waals surface area (Å²) in [6.45, 7) is 0. The molecule has 0 aromatic heterocycles. The molecule has 0 aliphatic heterocycles. The van der Waals surface area contributed by atoms with Crippen LogP contribution in [0, 0.1) is 3.57 Å². The van der Waals surface area contributed by atoms with E-state index in [4.69, 9.17) is 5.73 Å². The molecular formula is C17H14F3IN2O2. The van der Waals surface area contributed by atoms with E-state index in [-0.39, 0.29) is 6.42 Å². The average Bonchev–Trinajstić information content (AvgIpc) is 2.55. The molecule has 0 spiro atoms. The van der Waals surface area contributed by atoms with Crippen LogP contribution in [0.2, 0.25) is 0 Å². The summed E-state index contributed by atoms with van der Waals surface area (Å²) < 4.78 is 40.0. The van der Waals surface area contributed by atoms with Gasteiger partial charge in [-0.2, -0.15) is 13.2 Å². The van der Waals surface area contributed by atoms with Crippen molar-refractivity contribution in [2.75, 3.05) is 0 Å². The van der Waals surface area contributed by atoms with Crippen LogP contribution in [0.4, 0.5) is 13.2 Å². The Morgan fingerprint density at radius 2 is 1.68 bits per heavy atom. The highest BCUT2D eigenvalue weighted by atomic mass is 127. The normalized spacial score (nSPS) is 12.5. The number of rotatable bonds is 5. The molecule has 4 nitrogen and oxygen atoms in total. The van der Waals surface area contributed by atoms with Gasteiger partial charge < -0.3 is 11.1 Å². The van der Waals surface area contributed by atoms with Gasteiger partial charge in [0.05, 0.1) is 11.1 Å². The molecule has 3 N–H and O–H groups in total. The minimum absolute atomic E-state index is 0.0895. The Hall–Kier alpha value is -2.10. The fourth-order valence-electron chi connectivity index (χ4n) is 2.24. The van der Waals surface area contributed by atoms with Crippen molar-refractivity contribution in [3.8, 4) is 0 Å². The summed E-state index contributed by atoms with van der Waals surface area (Å²) in [5.41, 5.74) is 4.40. The van der Waals surface area contributed by atoms with Crippen molar-refractivity contribution in [3.05, 3.63) is 68.8 Å². The third-order valence-electron chi connectivity index (χ3n) is 3.48. The first kappa shape index (κ1) is 19.2. The summed E-state index contributed by atoms with van der Waals surface area (Å²) in [5, 5.41) is 2.29. The highest BCUT2D eigenvalue weighted by Crippen LogP contribution is 2.31. The number of carbonyl (C=O) groups excluding carboxylic acids is 2. The second kappa shape index (κ2) is 7.85. The molecule has 2 aromatic carbocycles. The fourth-order valence-corrected chi connectivity index (χ4v) is 2.60. The van der Waals surface area contributed by atoms with Gasteiger partial charge in [-0.25, -0.2) is 0 Å². The highest BCUT2D eigenvalue weighted by Gasteiger charge is 2.35. The Balaban J connectivity index is 2.21. The van der Waals surface area contributed by atoms with E-state index in [1.165, 1.54) is 12.1 Å². The molecule has 2 amide bonds. The van der Waals surface area contributed by atoms with Crippen LogP contribution in [0.1, 0.15) is 21.5 Å². The predicted octanol–water partition coefficient (Wildman–Crippen LogP) is 3.14. The molecule has 8 heteroatoms.